The standard InChI is InChI=1S/C18H20F5N3/c19-13-5-1-2-6-14(15(20)10-13)12-4-3-7-16-24-25-17(26(16)11-12)8-9-18(21,22)23/h1,5-6,10,12-13H,2-4,7-9,11H2/b5-1-,14-6-,15-10?. The first-order chi connectivity index (χ1) is 12.3. The van der Waals surface area contributed by atoms with E-state index >= 15 is 0 Å². The molecule has 3 nitrogen and oxygen atoms in total. The number of nitrogens with zero attached hydrogens (tertiary/aromatic N) is 3. The number of fused-ring (bicyclic) bond motifs is 1. The van der Waals surface area contributed by atoms with Crippen LogP contribution in [0, 0.1) is 5.92 Å². The summed E-state index contributed by atoms with van der Waals surface area (Å²) in [5.74, 6) is 0.0548. The molecule has 0 radical (unpaired) electrons. The number of halogens is 5. The molecular formula is C18H20F5N3. The Balaban J connectivity index is 1.84. The van der Waals surface area contributed by atoms with E-state index in [0.29, 0.717) is 37.2 Å². The van der Waals surface area contributed by atoms with Crippen LogP contribution in [0.4, 0.5) is 22.0 Å². The van der Waals surface area contributed by atoms with Gasteiger partial charge in [-0.15, -0.1) is 10.2 Å². The van der Waals surface area contributed by atoms with Gasteiger partial charge in [0.2, 0.25) is 0 Å². The third-order valence-corrected chi connectivity index (χ3v) is 4.71. The maximum atomic E-state index is 14.5. The van der Waals surface area contributed by atoms with E-state index in [1.54, 1.807) is 16.7 Å². The Morgan fingerprint density at radius 3 is 2.81 bits per heavy atom. The molecule has 2 aliphatic rings. The fourth-order valence-electron chi connectivity index (χ4n) is 3.43. The number of aryl methyl sites for hydroxylation is 2. The first-order valence-corrected chi connectivity index (χ1v) is 8.69. The molecule has 0 fully saturated rings. The minimum atomic E-state index is -4.27. The SMILES string of the molecule is FC1=CC(F)/C=C\C/C=C\1C1CCCc2nnc(CCC(F)(F)F)n2C1. The summed E-state index contributed by atoms with van der Waals surface area (Å²) in [4.78, 5) is 0. The van der Waals surface area contributed by atoms with Gasteiger partial charge in [-0.1, -0.05) is 18.2 Å². The Morgan fingerprint density at radius 1 is 1.23 bits per heavy atom. The number of rotatable bonds is 3. The Bertz CT molecular complexity index is 730. The van der Waals surface area contributed by atoms with Crippen LogP contribution < -0.4 is 0 Å². The molecule has 2 atom stereocenters. The van der Waals surface area contributed by atoms with Gasteiger partial charge in [0.15, 0.2) is 0 Å². The molecule has 0 spiro atoms. The average Bonchev–Trinajstić information content (AvgIpc) is 2.79. The fourth-order valence-corrected chi connectivity index (χ4v) is 3.43. The highest BCUT2D eigenvalue weighted by molar-refractivity contribution is 5.32. The van der Waals surface area contributed by atoms with Crippen molar-refractivity contribution < 1.29 is 22.0 Å². The maximum absolute atomic E-state index is 14.5. The zero-order chi connectivity index (χ0) is 18.7. The molecule has 0 saturated carbocycles. The molecule has 0 amide bonds. The second-order valence-electron chi connectivity index (χ2n) is 6.63. The Morgan fingerprint density at radius 2 is 2.04 bits per heavy atom. The minimum absolute atomic E-state index is 0.244. The van der Waals surface area contributed by atoms with E-state index in [1.165, 1.54) is 6.08 Å². The van der Waals surface area contributed by atoms with E-state index < -0.39 is 24.6 Å². The second-order valence-corrected chi connectivity index (χ2v) is 6.63. The predicted octanol–water partition coefficient (Wildman–Crippen LogP) is 4.80. The van der Waals surface area contributed by atoms with Gasteiger partial charge in [0.25, 0.3) is 0 Å². The molecule has 1 aliphatic carbocycles. The van der Waals surface area contributed by atoms with Crippen molar-refractivity contribution in [3.05, 3.63) is 47.4 Å². The largest absolute Gasteiger partial charge is 0.389 e. The summed E-state index contributed by atoms with van der Waals surface area (Å²) in [6.07, 6.45) is 1.02. The van der Waals surface area contributed by atoms with Crippen LogP contribution >= 0.6 is 0 Å². The molecule has 0 saturated heterocycles. The molecule has 0 aromatic carbocycles. The highest BCUT2D eigenvalue weighted by atomic mass is 19.4. The molecule has 2 heterocycles. The summed E-state index contributed by atoms with van der Waals surface area (Å²) in [5.41, 5.74) is 0.417. The van der Waals surface area contributed by atoms with Crippen molar-refractivity contribution >= 4 is 0 Å². The van der Waals surface area contributed by atoms with Gasteiger partial charge in [0, 0.05) is 25.3 Å². The summed E-state index contributed by atoms with van der Waals surface area (Å²) < 4.78 is 67.4. The number of hydrogen-bond donors (Lipinski definition) is 0. The smallest absolute Gasteiger partial charge is 0.314 e. The van der Waals surface area contributed by atoms with Crippen molar-refractivity contribution in [2.75, 3.05) is 0 Å². The summed E-state index contributed by atoms with van der Waals surface area (Å²) in [7, 11) is 0. The Labute approximate surface area is 148 Å². The molecule has 1 aliphatic heterocycles. The maximum Gasteiger partial charge on any atom is 0.389 e. The number of aromatic nitrogens is 3. The molecule has 3 rings (SSSR count). The van der Waals surface area contributed by atoms with Crippen molar-refractivity contribution in [1.29, 1.82) is 0 Å². The zero-order valence-corrected chi connectivity index (χ0v) is 14.1. The zero-order valence-electron chi connectivity index (χ0n) is 14.1. The predicted molar refractivity (Wildman–Crippen MR) is 86.8 cm³/mol. The first-order valence-electron chi connectivity index (χ1n) is 8.69. The molecule has 0 N–H and O–H groups in total. The molecule has 26 heavy (non-hydrogen) atoms. The lowest BCUT2D eigenvalue weighted by molar-refractivity contribution is -0.134. The van der Waals surface area contributed by atoms with Gasteiger partial charge in [-0.05, 0) is 30.9 Å². The molecule has 2 unspecified atom stereocenters. The van der Waals surface area contributed by atoms with Crippen molar-refractivity contribution in [3.63, 3.8) is 0 Å². The summed E-state index contributed by atoms with van der Waals surface area (Å²) in [5, 5.41) is 7.91. The average molecular weight is 373 g/mol. The van der Waals surface area contributed by atoms with Gasteiger partial charge >= 0.3 is 6.18 Å². The van der Waals surface area contributed by atoms with Crippen LogP contribution in [0.3, 0.4) is 0 Å². The monoisotopic (exact) mass is 373 g/mol. The van der Waals surface area contributed by atoms with Gasteiger partial charge in [0.1, 0.15) is 23.6 Å². The first kappa shape index (κ1) is 18.8. The molecule has 1 aromatic rings. The number of allylic oxidation sites excluding steroid dienone is 6. The van der Waals surface area contributed by atoms with Crippen LogP contribution in [0.25, 0.3) is 0 Å². The second kappa shape index (κ2) is 7.72. The van der Waals surface area contributed by atoms with Gasteiger partial charge in [-0.3, -0.25) is 0 Å². The summed E-state index contributed by atoms with van der Waals surface area (Å²) in [6.45, 7) is 0.309. The van der Waals surface area contributed by atoms with Crippen molar-refractivity contribution in [3.8, 4) is 0 Å². The van der Waals surface area contributed by atoms with E-state index in [9.17, 15) is 22.0 Å². The van der Waals surface area contributed by atoms with Gasteiger partial charge in [-0.2, -0.15) is 13.2 Å². The highest BCUT2D eigenvalue weighted by Crippen LogP contribution is 2.32. The van der Waals surface area contributed by atoms with E-state index in [4.69, 9.17) is 0 Å². The topological polar surface area (TPSA) is 30.7 Å². The third kappa shape index (κ3) is 4.59. The minimum Gasteiger partial charge on any atom is -0.314 e. The van der Waals surface area contributed by atoms with Crippen LogP contribution in [-0.4, -0.2) is 27.1 Å². The van der Waals surface area contributed by atoms with Crippen LogP contribution in [0.15, 0.2) is 35.7 Å². The van der Waals surface area contributed by atoms with Gasteiger partial charge in [0.05, 0.1) is 6.42 Å². The summed E-state index contributed by atoms with van der Waals surface area (Å²) >= 11 is 0. The third-order valence-electron chi connectivity index (χ3n) is 4.71. The van der Waals surface area contributed by atoms with Crippen LogP contribution in [0.2, 0.25) is 0 Å². The fraction of sp³-hybridized carbons (Fsp3) is 0.556. The van der Waals surface area contributed by atoms with Crippen LogP contribution in [0.5, 0.6) is 0 Å². The van der Waals surface area contributed by atoms with Crippen LogP contribution in [0.1, 0.15) is 37.3 Å². The lowest BCUT2D eigenvalue weighted by atomic mass is 9.91. The Hall–Kier alpha value is -1.99. The van der Waals surface area contributed by atoms with E-state index in [2.05, 4.69) is 10.2 Å². The van der Waals surface area contributed by atoms with Crippen molar-refractivity contribution in [1.82, 2.24) is 14.8 Å². The molecule has 142 valence electrons. The van der Waals surface area contributed by atoms with Gasteiger partial charge < -0.3 is 4.57 Å². The van der Waals surface area contributed by atoms with Crippen molar-refractivity contribution in [2.24, 2.45) is 5.92 Å². The van der Waals surface area contributed by atoms with E-state index in [0.717, 1.165) is 12.5 Å². The van der Waals surface area contributed by atoms with E-state index in [-0.39, 0.29) is 18.2 Å². The molecule has 8 heteroatoms. The van der Waals surface area contributed by atoms with Crippen LogP contribution in [-0.2, 0) is 19.4 Å². The van der Waals surface area contributed by atoms with Gasteiger partial charge in [-0.25, -0.2) is 8.78 Å². The molecular weight excluding hydrogens is 353 g/mol. The summed E-state index contributed by atoms with van der Waals surface area (Å²) in [6, 6.07) is 0. The number of alkyl halides is 4. The Kier molecular flexibility index (Phi) is 5.58. The highest BCUT2D eigenvalue weighted by Gasteiger charge is 2.30. The molecule has 0 bridgehead atoms. The quantitative estimate of drug-likeness (QED) is 0.563. The lowest BCUT2D eigenvalue weighted by Crippen LogP contribution is -2.17. The normalized spacial score (nSPS) is 27.4. The molecule has 1 aromatic heterocycles. The number of hydrogen-bond acceptors (Lipinski definition) is 2. The van der Waals surface area contributed by atoms with E-state index in [1.807, 2.05) is 0 Å². The van der Waals surface area contributed by atoms with Crippen molar-refractivity contribution in [2.45, 2.75) is 57.4 Å². The lowest BCUT2D eigenvalue weighted by Gasteiger charge is -2.20.